The summed E-state index contributed by atoms with van der Waals surface area (Å²) in [5.74, 6) is -0.433. The molecule has 0 radical (unpaired) electrons. The van der Waals surface area contributed by atoms with Gasteiger partial charge < -0.3 is 10.1 Å². The summed E-state index contributed by atoms with van der Waals surface area (Å²) in [7, 11) is 0. The molecule has 2 aromatic heterocycles. The van der Waals surface area contributed by atoms with Crippen molar-refractivity contribution in [2.75, 3.05) is 0 Å². The number of nitrogens with zero attached hydrogens (tertiary/aromatic N) is 2. The predicted octanol–water partition coefficient (Wildman–Crippen LogP) is 0.466. The van der Waals surface area contributed by atoms with Crippen molar-refractivity contribution in [2.24, 2.45) is 5.73 Å². The molecule has 0 fully saturated rings. The van der Waals surface area contributed by atoms with E-state index in [9.17, 15) is 4.79 Å². The molecule has 0 atom stereocenters. The average molecular weight is 270 g/mol. The molecule has 0 aliphatic heterocycles. The van der Waals surface area contributed by atoms with E-state index in [2.05, 4.69) is 28.1 Å². The second kappa shape index (κ2) is 4.56. The van der Waals surface area contributed by atoms with Crippen LogP contribution in [0.3, 0.4) is 0 Å². The first-order chi connectivity index (χ1) is 8.06. The SMILES string of the molecule is NC(=S)NNC(=O)c1cn2ccc(Cl)cc2n1. The third kappa shape index (κ3) is 2.63. The zero-order valence-electron chi connectivity index (χ0n) is 8.48. The molecule has 1 amide bonds. The third-order valence-corrected chi connectivity index (χ3v) is 2.29. The van der Waals surface area contributed by atoms with Gasteiger partial charge in [-0.15, -0.1) is 0 Å². The van der Waals surface area contributed by atoms with Crippen LogP contribution in [-0.4, -0.2) is 20.4 Å². The first-order valence-corrected chi connectivity index (χ1v) is 5.35. The minimum atomic E-state index is -0.433. The molecular formula is C9H8ClN5OS. The summed E-state index contributed by atoms with van der Waals surface area (Å²) >= 11 is 10.4. The minimum absolute atomic E-state index is 0.0230. The molecule has 0 aliphatic rings. The van der Waals surface area contributed by atoms with Gasteiger partial charge in [0, 0.05) is 23.5 Å². The van der Waals surface area contributed by atoms with Crippen molar-refractivity contribution in [3.63, 3.8) is 0 Å². The molecule has 88 valence electrons. The molecule has 0 aliphatic carbocycles. The Hall–Kier alpha value is -1.86. The van der Waals surface area contributed by atoms with Gasteiger partial charge in [0.15, 0.2) is 5.11 Å². The summed E-state index contributed by atoms with van der Waals surface area (Å²) < 4.78 is 1.68. The number of imidazole rings is 1. The Kier molecular flexibility index (Phi) is 3.12. The van der Waals surface area contributed by atoms with Gasteiger partial charge in [0.05, 0.1) is 0 Å². The number of fused-ring (bicyclic) bond motifs is 1. The number of rotatable bonds is 1. The third-order valence-electron chi connectivity index (χ3n) is 1.95. The minimum Gasteiger partial charge on any atom is -0.375 e. The van der Waals surface area contributed by atoms with E-state index in [0.717, 1.165) is 0 Å². The topological polar surface area (TPSA) is 84.5 Å². The summed E-state index contributed by atoms with van der Waals surface area (Å²) in [6.07, 6.45) is 3.28. The first kappa shape index (κ1) is 11.6. The molecule has 0 unspecified atom stereocenters. The summed E-state index contributed by atoms with van der Waals surface area (Å²) in [4.78, 5) is 15.7. The van der Waals surface area contributed by atoms with Crippen molar-refractivity contribution >= 4 is 40.5 Å². The Morgan fingerprint density at radius 1 is 1.53 bits per heavy atom. The number of halogens is 1. The lowest BCUT2D eigenvalue weighted by Gasteiger charge is -2.02. The van der Waals surface area contributed by atoms with Crippen molar-refractivity contribution in [1.29, 1.82) is 0 Å². The molecule has 2 aromatic rings. The van der Waals surface area contributed by atoms with Gasteiger partial charge in [-0.25, -0.2) is 4.98 Å². The summed E-state index contributed by atoms with van der Waals surface area (Å²) in [5.41, 5.74) is 10.6. The smallest absolute Gasteiger partial charge is 0.289 e. The van der Waals surface area contributed by atoms with E-state index in [1.54, 1.807) is 28.9 Å². The molecule has 0 aromatic carbocycles. The first-order valence-electron chi connectivity index (χ1n) is 4.56. The Balaban J connectivity index is 2.24. The molecule has 0 bridgehead atoms. The molecular weight excluding hydrogens is 262 g/mol. The van der Waals surface area contributed by atoms with Crippen molar-refractivity contribution in [3.8, 4) is 0 Å². The van der Waals surface area contributed by atoms with Crippen LogP contribution in [0.1, 0.15) is 10.5 Å². The zero-order chi connectivity index (χ0) is 12.4. The van der Waals surface area contributed by atoms with Crippen molar-refractivity contribution < 1.29 is 4.79 Å². The Morgan fingerprint density at radius 2 is 2.29 bits per heavy atom. The van der Waals surface area contributed by atoms with Crippen LogP contribution in [0.25, 0.3) is 5.65 Å². The Labute approximate surface area is 107 Å². The van der Waals surface area contributed by atoms with Crippen LogP contribution < -0.4 is 16.6 Å². The van der Waals surface area contributed by atoms with Crippen LogP contribution >= 0.6 is 23.8 Å². The molecule has 2 heterocycles. The van der Waals surface area contributed by atoms with Crippen molar-refractivity contribution in [1.82, 2.24) is 20.2 Å². The van der Waals surface area contributed by atoms with Crippen LogP contribution in [0.4, 0.5) is 0 Å². The summed E-state index contributed by atoms with van der Waals surface area (Å²) in [5, 5.41) is 0.529. The number of nitrogens with one attached hydrogen (secondary N) is 2. The van der Waals surface area contributed by atoms with E-state index in [0.29, 0.717) is 10.7 Å². The molecule has 8 heteroatoms. The Morgan fingerprint density at radius 3 is 3.00 bits per heavy atom. The molecule has 0 saturated heterocycles. The van der Waals surface area contributed by atoms with Crippen molar-refractivity contribution in [2.45, 2.75) is 0 Å². The lowest BCUT2D eigenvalue weighted by atomic mass is 10.5. The molecule has 0 saturated carbocycles. The number of nitrogens with two attached hydrogens (primary N) is 1. The van der Waals surface area contributed by atoms with Crippen LogP contribution in [0.5, 0.6) is 0 Å². The highest BCUT2D eigenvalue weighted by Gasteiger charge is 2.10. The van der Waals surface area contributed by atoms with Crippen LogP contribution in [0.2, 0.25) is 5.02 Å². The average Bonchev–Trinajstić information content (AvgIpc) is 2.68. The molecule has 2 rings (SSSR count). The number of amides is 1. The van der Waals surface area contributed by atoms with Gasteiger partial charge >= 0.3 is 0 Å². The van der Waals surface area contributed by atoms with E-state index in [1.807, 2.05) is 0 Å². The molecule has 6 nitrogen and oxygen atoms in total. The van der Waals surface area contributed by atoms with Gasteiger partial charge in [-0.2, -0.15) is 0 Å². The lowest BCUT2D eigenvalue weighted by Crippen LogP contribution is -2.44. The fourth-order valence-corrected chi connectivity index (χ4v) is 1.45. The highest BCUT2D eigenvalue weighted by atomic mass is 35.5. The largest absolute Gasteiger partial charge is 0.375 e. The fraction of sp³-hybridized carbons (Fsp3) is 0. The second-order valence-corrected chi connectivity index (χ2v) is 4.06. The second-order valence-electron chi connectivity index (χ2n) is 3.18. The highest BCUT2D eigenvalue weighted by Crippen LogP contribution is 2.12. The Bertz CT molecular complexity index is 596. The molecule has 4 N–H and O–H groups in total. The maximum absolute atomic E-state index is 11.6. The number of carbonyl (C=O) groups excluding carboxylic acids is 1. The lowest BCUT2D eigenvalue weighted by molar-refractivity contribution is 0.0939. The number of carbonyl (C=O) groups is 1. The maximum atomic E-state index is 11.6. The van der Waals surface area contributed by atoms with Gasteiger partial charge in [-0.3, -0.25) is 15.6 Å². The highest BCUT2D eigenvalue weighted by molar-refractivity contribution is 7.80. The molecule has 17 heavy (non-hydrogen) atoms. The van der Waals surface area contributed by atoms with E-state index in [1.165, 1.54) is 0 Å². The maximum Gasteiger partial charge on any atom is 0.289 e. The van der Waals surface area contributed by atoms with Crippen LogP contribution in [0, 0.1) is 0 Å². The number of aromatic nitrogens is 2. The van der Waals surface area contributed by atoms with Gasteiger partial charge in [-0.1, -0.05) is 11.6 Å². The monoisotopic (exact) mass is 269 g/mol. The number of pyridine rings is 1. The fourth-order valence-electron chi connectivity index (χ4n) is 1.25. The number of hydrogen-bond acceptors (Lipinski definition) is 3. The molecule has 0 spiro atoms. The van der Waals surface area contributed by atoms with Crippen LogP contribution in [0.15, 0.2) is 24.5 Å². The zero-order valence-corrected chi connectivity index (χ0v) is 10.0. The standard InChI is InChI=1S/C9H8ClN5OS/c10-5-1-2-15-4-6(12-7(15)3-5)8(16)13-14-9(11)17/h1-4H,(H,13,16)(H3,11,14,17). The number of hydrazine groups is 1. The summed E-state index contributed by atoms with van der Waals surface area (Å²) in [6.45, 7) is 0. The van der Waals surface area contributed by atoms with Gasteiger partial charge in [0.25, 0.3) is 5.91 Å². The number of hydrogen-bond donors (Lipinski definition) is 3. The van der Waals surface area contributed by atoms with Crippen molar-refractivity contribution in [3.05, 3.63) is 35.2 Å². The van der Waals surface area contributed by atoms with E-state index >= 15 is 0 Å². The van der Waals surface area contributed by atoms with Crippen LogP contribution in [-0.2, 0) is 0 Å². The van der Waals surface area contributed by atoms with Gasteiger partial charge in [0.1, 0.15) is 11.3 Å². The van der Waals surface area contributed by atoms with Gasteiger partial charge in [-0.05, 0) is 18.3 Å². The van der Waals surface area contributed by atoms with E-state index in [4.69, 9.17) is 17.3 Å². The van der Waals surface area contributed by atoms with E-state index in [-0.39, 0.29) is 10.8 Å². The normalized spacial score (nSPS) is 10.2. The van der Waals surface area contributed by atoms with E-state index < -0.39 is 5.91 Å². The summed E-state index contributed by atoms with van der Waals surface area (Å²) in [6, 6.07) is 3.35. The quantitative estimate of drug-likeness (QED) is 0.518. The number of thiocarbonyl (C=S) groups is 1. The van der Waals surface area contributed by atoms with Gasteiger partial charge in [0.2, 0.25) is 0 Å². The predicted molar refractivity (Wildman–Crippen MR) is 67.6 cm³/mol.